The highest BCUT2D eigenvalue weighted by Gasteiger charge is 2.12. The molecule has 2 aromatic rings. The topological polar surface area (TPSA) is 116 Å². The number of hydrogen-bond donors (Lipinski definition) is 3. The fraction of sp³-hybridized carbons (Fsp3) is 0.0909. The molecule has 0 radical (unpaired) electrons. The number of aliphatic carboxylic acids is 1. The lowest BCUT2D eigenvalue weighted by molar-refractivity contribution is -0.302. The fourth-order valence-corrected chi connectivity index (χ4v) is 2.62. The Morgan fingerprint density at radius 2 is 1.30 bits per heavy atom. The summed E-state index contributed by atoms with van der Waals surface area (Å²) in [5.74, 6) is -1.08. The van der Waals surface area contributed by atoms with Crippen molar-refractivity contribution in [1.82, 2.24) is 0 Å². The molecule has 0 fully saturated rings. The van der Waals surface area contributed by atoms with Crippen molar-refractivity contribution in [1.29, 1.82) is 5.41 Å². The van der Waals surface area contributed by atoms with Crippen LogP contribution in [0.3, 0.4) is 0 Å². The number of allylic oxidation sites excluding steroid dienone is 5. The van der Waals surface area contributed by atoms with Gasteiger partial charge in [-0.3, -0.25) is 0 Å². The van der Waals surface area contributed by atoms with Gasteiger partial charge in [-0.05, 0) is 78.1 Å². The normalized spacial score (nSPS) is 12.7. The Kier molecular flexibility index (Phi) is 6.33. The van der Waals surface area contributed by atoms with E-state index in [1.165, 1.54) is 0 Å². The van der Waals surface area contributed by atoms with E-state index in [1.54, 1.807) is 0 Å². The molecular weight excluding hydrogens is 338 g/mol. The SMILES string of the molecule is CC(=O)[O-].CC1=CC(=C(c2ccc(N)cc2)c2ccc(N)cc2)C=CC1=N. The molecule has 5 heteroatoms. The van der Waals surface area contributed by atoms with Crippen molar-refractivity contribution in [2.24, 2.45) is 0 Å². The van der Waals surface area contributed by atoms with Crippen molar-refractivity contribution in [2.75, 3.05) is 11.5 Å². The van der Waals surface area contributed by atoms with E-state index >= 15 is 0 Å². The van der Waals surface area contributed by atoms with Gasteiger partial charge in [-0.2, -0.15) is 0 Å². The molecule has 138 valence electrons. The van der Waals surface area contributed by atoms with Crippen molar-refractivity contribution in [3.05, 3.63) is 89.0 Å². The number of nitrogens with two attached hydrogens (primary N) is 2. The quantitative estimate of drug-likeness (QED) is 0.714. The predicted molar refractivity (Wildman–Crippen MR) is 109 cm³/mol. The lowest BCUT2D eigenvalue weighted by Crippen LogP contribution is -2.16. The maximum Gasteiger partial charge on any atom is 0.0569 e. The first-order valence-electron chi connectivity index (χ1n) is 8.37. The summed E-state index contributed by atoms with van der Waals surface area (Å²) in [6, 6.07) is 15.7. The van der Waals surface area contributed by atoms with E-state index in [9.17, 15) is 0 Å². The number of carboxylic acid groups (broad SMARTS) is 1. The highest BCUT2D eigenvalue weighted by Crippen LogP contribution is 2.31. The lowest BCUT2D eigenvalue weighted by atomic mass is 9.89. The Morgan fingerprint density at radius 1 is 0.889 bits per heavy atom. The van der Waals surface area contributed by atoms with E-state index in [0.29, 0.717) is 5.71 Å². The number of rotatable bonds is 2. The zero-order valence-electron chi connectivity index (χ0n) is 15.3. The smallest absolute Gasteiger partial charge is 0.0569 e. The molecule has 0 bridgehead atoms. The summed E-state index contributed by atoms with van der Waals surface area (Å²) in [5, 5.41) is 16.8. The van der Waals surface area contributed by atoms with Crippen LogP contribution in [-0.4, -0.2) is 11.7 Å². The van der Waals surface area contributed by atoms with Gasteiger partial charge in [-0.1, -0.05) is 30.3 Å². The minimum absolute atomic E-state index is 0.544. The Hall–Kier alpha value is -3.60. The van der Waals surface area contributed by atoms with E-state index in [4.69, 9.17) is 26.8 Å². The van der Waals surface area contributed by atoms with Gasteiger partial charge in [0.15, 0.2) is 0 Å². The molecule has 27 heavy (non-hydrogen) atoms. The van der Waals surface area contributed by atoms with Crippen molar-refractivity contribution in [2.45, 2.75) is 13.8 Å². The van der Waals surface area contributed by atoms with Crippen LogP contribution in [0.1, 0.15) is 25.0 Å². The van der Waals surface area contributed by atoms with Crippen LogP contribution in [0.4, 0.5) is 11.4 Å². The van der Waals surface area contributed by atoms with Gasteiger partial charge in [-0.15, -0.1) is 0 Å². The molecule has 0 saturated carbocycles. The van der Waals surface area contributed by atoms with Gasteiger partial charge < -0.3 is 26.8 Å². The summed E-state index contributed by atoms with van der Waals surface area (Å²) < 4.78 is 0. The van der Waals surface area contributed by atoms with Crippen LogP contribution in [0.5, 0.6) is 0 Å². The zero-order chi connectivity index (χ0) is 20.0. The van der Waals surface area contributed by atoms with Crippen molar-refractivity contribution in [3.63, 3.8) is 0 Å². The minimum atomic E-state index is -1.08. The van der Waals surface area contributed by atoms with E-state index in [2.05, 4.69) is 0 Å². The largest absolute Gasteiger partial charge is 0.550 e. The molecule has 0 spiro atoms. The maximum absolute atomic E-state index is 8.89. The fourth-order valence-electron chi connectivity index (χ4n) is 2.62. The Labute approximate surface area is 158 Å². The third-order valence-electron chi connectivity index (χ3n) is 3.91. The van der Waals surface area contributed by atoms with Crippen LogP contribution in [0, 0.1) is 5.41 Å². The molecule has 0 aliphatic heterocycles. The van der Waals surface area contributed by atoms with Crippen LogP contribution < -0.4 is 16.6 Å². The molecular formula is C22H22N3O2-. The molecule has 5 nitrogen and oxygen atoms in total. The molecule has 0 unspecified atom stereocenters. The number of carboxylic acids is 1. The lowest BCUT2D eigenvalue weighted by Gasteiger charge is -2.16. The van der Waals surface area contributed by atoms with E-state index < -0.39 is 5.97 Å². The molecule has 2 aromatic carbocycles. The van der Waals surface area contributed by atoms with Gasteiger partial charge in [0.25, 0.3) is 0 Å². The number of anilines is 2. The zero-order valence-corrected chi connectivity index (χ0v) is 15.3. The standard InChI is InChI=1S/C20H19N3.C2H4O2/c1-13-12-16(6-11-19(13)23)20(14-2-7-17(21)8-3-14)15-4-9-18(22)10-5-15;1-2(3)4/h2-12,23H,21-22H2,1H3;1H3,(H,3,4)/p-1. The Bertz CT molecular complexity index is 883. The first-order valence-corrected chi connectivity index (χ1v) is 8.37. The summed E-state index contributed by atoms with van der Waals surface area (Å²) in [5.41, 5.74) is 19.0. The number of nitrogens with one attached hydrogen (secondary N) is 1. The maximum atomic E-state index is 8.89. The third-order valence-corrected chi connectivity index (χ3v) is 3.91. The summed E-state index contributed by atoms with van der Waals surface area (Å²) in [7, 11) is 0. The third kappa shape index (κ3) is 5.44. The number of hydrogen-bond acceptors (Lipinski definition) is 5. The van der Waals surface area contributed by atoms with Gasteiger partial charge in [0.2, 0.25) is 0 Å². The number of carbonyl (C=O) groups excluding carboxylic acids is 1. The Morgan fingerprint density at radius 3 is 1.67 bits per heavy atom. The number of nitrogen functional groups attached to an aromatic ring is 2. The van der Waals surface area contributed by atoms with Crippen LogP contribution in [-0.2, 0) is 4.79 Å². The van der Waals surface area contributed by atoms with Crippen LogP contribution >= 0.6 is 0 Å². The number of benzene rings is 2. The van der Waals surface area contributed by atoms with Gasteiger partial charge in [-0.25, -0.2) is 0 Å². The second-order valence-corrected chi connectivity index (χ2v) is 6.14. The van der Waals surface area contributed by atoms with Crippen molar-refractivity contribution < 1.29 is 9.90 Å². The van der Waals surface area contributed by atoms with Crippen molar-refractivity contribution in [3.8, 4) is 0 Å². The van der Waals surface area contributed by atoms with E-state index in [1.807, 2.05) is 73.7 Å². The molecule has 0 amide bonds. The molecule has 5 N–H and O–H groups in total. The first-order chi connectivity index (χ1) is 12.8. The van der Waals surface area contributed by atoms with Crippen LogP contribution in [0.15, 0.2) is 77.9 Å². The molecule has 1 aliphatic carbocycles. The molecule has 0 saturated heterocycles. The summed E-state index contributed by atoms with van der Waals surface area (Å²) in [6.45, 7) is 2.93. The van der Waals surface area contributed by atoms with Crippen LogP contribution in [0.2, 0.25) is 0 Å². The molecule has 3 rings (SSSR count). The first kappa shape index (κ1) is 19.7. The molecule has 1 aliphatic rings. The summed E-state index contributed by atoms with van der Waals surface area (Å²) in [6.07, 6.45) is 5.86. The predicted octanol–water partition coefficient (Wildman–Crippen LogP) is 2.94. The monoisotopic (exact) mass is 360 g/mol. The van der Waals surface area contributed by atoms with E-state index in [-0.39, 0.29) is 0 Å². The summed E-state index contributed by atoms with van der Waals surface area (Å²) in [4.78, 5) is 8.89. The highest BCUT2D eigenvalue weighted by atomic mass is 16.4. The van der Waals surface area contributed by atoms with Crippen LogP contribution in [0.25, 0.3) is 5.57 Å². The van der Waals surface area contributed by atoms with Gasteiger partial charge in [0, 0.05) is 17.3 Å². The average molecular weight is 360 g/mol. The number of carbonyl (C=O) groups is 1. The second-order valence-electron chi connectivity index (χ2n) is 6.14. The minimum Gasteiger partial charge on any atom is -0.550 e. The van der Waals surface area contributed by atoms with Gasteiger partial charge >= 0.3 is 0 Å². The summed E-state index contributed by atoms with van der Waals surface area (Å²) >= 11 is 0. The van der Waals surface area contributed by atoms with Gasteiger partial charge in [0.05, 0.1) is 5.71 Å². The highest BCUT2D eigenvalue weighted by molar-refractivity contribution is 6.08. The van der Waals surface area contributed by atoms with E-state index in [0.717, 1.165) is 46.1 Å². The molecule has 0 aromatic heterocycles. The molecule has 0 atom stereocenters. The van der Waals surface area contributed by atoms with Crippen molar-refractivity contribution >= 4 is 28.6 Å². The second kappa shape index (κ2) is 8.67. The Balaban J connectivity index is 0.000000596. The molecule has 0 heterocycles. The van der Waals surface area contributed by atoms with Gasteiger partial charge in [0.1, 0.15) is 0 Å². The average Bonchev–Trinajstić information content (AvgIpc) is 2.61.